The van der Waals surface area contributed by atoms with Crippen molar-refractivity contribution in [1.82, 2.24) is 0 Å². The summed E-state index contributed by atoms with van der Waals surface area (Å²) in [7, 11) is 0. The van der Waals surface area contributed by atoms with Crippen molar-refractivity contribution < 1.29 is 19.0 Å². The molecule has 0 heterocycles. The topological polar surface area (TPSA) is 70.8 Å². The van der Waals surface area contributed by atoms with Crippen LogP contribution in [0.15, 0.2) is 0 Å². The van der Waals surface area contributed by atoms with Crippen LogP contribution in [-0.4, -0.2) is 45.5 Å². The van der Waals surface area contributed by atoms with Gasteiger partial charge in [-0.05, 0) is 6.42 Å². The van der Waals surface area contributed by atoms with Crippen LogP contribution >= 0.6 is 0 Å². The number of rotatable bonds is 10. The van der Waals surface area contributed by atoms with Gasteiger partial charge < -0.3 is 19.9 Å². The third kappa shape index (κ3) is 60.8. The molecule has 0 aromatic carbocycles. The predicted octanol–water partition coefficient (Wildman–Crippen LogP) is 4.04. The third-order valence-electron chi connectivity index (χ3n) is 1.34. The van der Waals surface area contributed by atoms with Gasteiger partial charge in [0.05, 0.1) is 26.4 Å². The van der Waals surface area contributed by atoms with Crippen molar-refractivity contribution in [1.29, 1.82) is 0 Å². The molecular weight excluding hydrogens is 282 g/mol. The van der Waals surface area contributed by atoms with Gasteiger partial charge in [-0.3, -0.25) is 4.79 Å². The Bertz CT molecular complexity index is 145. The van der Waals surface area contributed by atoms with E-state index in [9.17, 15) is 4.79 Å². The monoisotopic (exact) mass is 325 g/mol. The average Bonchev–Trinajstić information content (AvgIpc) is 2.60. The van der Waals surface area contributed by atoms with Crippen molar-refractivity contribution in [2.24, 2.45) is 5.73 Å². The van der Waals surface area contributed by atoms with E-state index in [4.69, 9.17) is 19.9 Å². The Morgan fingerprint density at radius 1 is 0.682 bits per heavy atom. The number of carbonyl (C=O) groups excluding carboxylic acids is 1. The number of amides is 1. The molecule has 0 aliphatic heterocycles. The number of hydrogen-bond donors (Lipinski definition) is 1. The van der Waals surface area contributed by atoms with Crippen molar-refractivity contribution in [3.8, 4) is 0 Å². The van der Waals surface area contributed by atoms with Gasteiger partial charge >= 0.3 is 0 Å². The normalized spacial score (nSPS) is 7.68. The maximum atomic E-state index is 10.2. The van der Waals surface area contributed by atoms with Crippen LogP contribution in [0, 0.1) is 0 Å². The fraction of sp³-hybridized carbons (Fsp3) is 0.941. The molecular formula is C17H43NO4. The molecule has 1 amide bonds. The molecule has 5 nitrogen and oxygen atoms in total. The second kappa shape index (κ2) is 50.0. The van der Waals surface area contributed by atoms with Gasteiger partial charge in [-0.15, -0.1) is 0 Å². The molecule has 0 saturated heterocycles. The zero-order valence-electron chi connectivity index (χ0n) is 16.7. The zero-order valence-corrected chi connectivity index (χ0v) is 16.7. The molecule has 0 spiro atoms. The first-order valence-corrected chi connectivity index (χ1v) is 8.79. The first-order valence-electron chi connectivity index (χ1n) is 8.79. The summed E-state index contributed by atoms with van der Waals surface area (Å²) in [6, 6.07) is 0. The summed E-state index contributed by atoms with van der Waals surface area (Å²) in [4.78, 5) is 10.2. The molecule has 5 heteroatoms. The molecule has 0 aliphatic carbocycles. The number of carbonyl (C=O) groups is 1. The summed E-state index contributed by atoms with van der Waals surface area (Å²) < 4.78 is 15.2. The lowest BCUT2D eigenvalue weighted by Crippen LogP contribution is -2.20. The number of hydrogen-bond acceptors (Lipinski definition) is 4. The van der Waals surface area contributed by atoms with E-state index in [-0.39, 0.29) is 6.61 Å². The largest absolute Gasteiger partial charge is 0.379 e. The van der Waals surface area contributed by atoms with E-state index in [0.717, 1.165) is 13.0 Å². The van der Waals surface area contributed by atoms with Gasteiger partial charge in [0.2, 0.25) is 5.91 Å². The first-order chi connectivity index (χ1) is 10.8. The number of primary amides is 1. The van der Waals surface area contributed by atoms with Gasteiger partial charge in [-0.1, -0.05) is 62.3 Å². The highest BCUT2D eigenvalue weighted by Crippen LogP contribution is 1.82. The molecule has 2 N–H and O–H groups in total. The van der Waals surface area contributed by atoms with Crippen LogP contribution in [0.5, 0.6) is 0 Å². The standard InChI is InChI=1S/C9H19NO4.4C2H6/c1-2-3-12-4-5-13-6-7-14-8-9(10)11;4*1-2/h2-8H2,1H3,(H2,10,11);4*1-2H3. The van der Waals surface area contributed by atoms with Crippen LogP contribution in [0.25, 0.3) is 0 Å². The lowest BCUT2D eigenvalue weighted by Gasteiger charge is -2.04. The second-order valence-corrected chi connectivity index (χ2v) is 2.74. The van der Waals surface area contributed by atoms with Gasteiger partial charge in [0.15, 0.2) is 0 Å². The van der Waals surface area contributed by atoms with E-state index in [1.54, 1.807) is 0 Å². The predicted molar refractivity (Wildman–Crippen MR) is 97.3 cm³/mol. The molecule has 0 bridgehead atoms. The van der Waals surface area contributed by atoms with Gasteiger partial charge in [-0.25, -0.2) is 0 Å². The third-order valence-corrected chi connectivity index (χ3v) is 1.34. The summed E-state index contributed by atoms with van der Waals surface area (Å²) in [6.07, 6.45) is 1.02. The Kier molecular flexibility index (Phi) is 75.1. The van der Waals surface area contributed by atoms with E-state index in [1.165, 1.54) is 0 Å². The average molecular weight is 326 g/mol. The molecule has 0 aromatic heterocycles. The Balaban J connectivity index is -0.000000103. The fourth-order valence-corrected chi connectivity index (χ4v) is 0.757. The Morgan fingerprint density at radius 2 is 1.00 bits per heavy atom. The smallest absolute Gasteiger partial charge is 0.243 e. The van der Waals surface area contributed by atoms with Crippen LogP contribution < -0.4 is 5.73 Å². The Morgan fingerprint density at radius 3 is 1.32 bits per heavy atom. The highest BCUT2D eigenvalue weighted by atomic mass is 16.5. The summed E-state index contributed by atoms with van der Waals surface area (Å²) in [5, 5.41) is 0. The molecule has 0 aromatic rings. The van der Waals surface area contributed by atoms with Crippen molar-refractivity contribution in [3.05, 3.63) is 0 Å². The van der Waals surface area contributed by atoms with Crippen LogP contribution in [0.1, 0.15) is 68.7 Å². The first kappa shape index (κ1) is 33.1. The Hall–Kier alpha value is -0.650. The molecule has 0 fully saturated rings. The van der Waals surface area contributed by atoms with Gasteiger partial charge in [-0.2, -0.15) is 0 Å². The van der Waals surface area contributed by atoms with Crippen molar-refractivity contribution in [2.45, 2.75) is 68.7 Å². The van der Waals surface area contributed by atoms with Crippen LogP contribution in [-0.2, 0) is 19.0 Å². The Labute approximate surface area is 139 Å². The van der Waals surface area contributed by atoms with Crippen molar-refractivity contribution in [3.63, 3.8) is 0 Å². The van der Waals surface area contributed by atoms with Gasteiger partial charge in [0, 0.05) is 6.61 Å². The maximum absolute atomic E-state index is 10.2. The maximum Gasteiger partial charge on any atom is 0.243 e. The van der Waals surface area contributed by atoms with Crippen molar-refractivity contribution >= 4 is 5.91 Å². The minimum Gasteiger partial charge on any atom is -0.379 e. The quantitative estimate of drug-likeness (QED) is 0.615. The summed E-state index contributed by atoms with van der Waals surface area (Å²) in [6.45, 7) is 20.8. The summed E-state index contributed by atoms with van der Waals surface area (Å²) in [5.74, 6) is -0.462. The SMILES string of the molecule is CC.CC.CC.CC.CCCOCCOCCOCC(N)=O. The zero-order chi connectivity index (χ0) is 18.6. The van der Waals surface area contributed by atoms with E-state index in [2.05, 4.69) is 6.92 Å². The van der Waals surface area contributed by atoms with Crippen LogP contribution in [0.4, 0.5) is 0 Å². The second-order valence-electron chi connectivity index (χ2n) is 2.74. The van der Waals surface area contributed by atoms with E-state index >= 15 is 0 Å². The molecule has 0 rings (SSSR count). The molecule has 0 atom stereocenters. The lowest BCUT2D eigenvalue weighted by atomic mass is 10.5. The molecule has 0 unspecified atom stereocenters. The van der Waals surface area contributed by atoms with Crippen LogP contribution in [0.3, 0.4) is 0 Å². The lowest BCUT2D eigenvalue weighted by molar-refractivity contribution is -0.123. The fourth-order valence-electron chi connectivity index (χ4n) is 0.757. The molecule has 140 valence electrons. The molecule has 0 aliphatic rings. The molecule has 22 heavy (non-hydrogen) atoms. The minimum absolute atomic E-state index is 0.0459. The number of nitrogens with two attached hydrogens (primary N) is 1. The minimum atomic E-state index is -0.462. The van der Waals surface area contributed by atoms with Crippen LogP contribution in [0.2, 0.25) is 0 Å². The highest BCUT2D eigenvalue weighted by molar-refractivity contribution is 5.74. The van der Waals surface area contributed by atoms with Gasteiger partial charge in [0.1, 0.15) is 6.61 Å². The van der Waals surface area contributed by atoms with E-state index in [1.807, 2.05) is 55.4 Å². The van der Waals surface area contributed by atoms with E-state index < -0.39 is 5.91 Å². The molecule has 0 saturated carbocycles. The summed E-state index contributed by atoms with van der Waals surface area (Å²) in [5.41, 5.74) is 4.86. The van der Waals surface area contributed by atoms with Gasteiger partial charge in [0.25, 0.3) is 0 Å². The molecule has 0 radical (unpaired) electrons. The van der Waals surface area contributed by atoms with E-state index in [0.29, 0.717) is 26.4 Å². The van der Waals surface area contributed by atoms with Crippen molar-refractivity contribution in [2.75, 3.05) is 39.6 Å². The number of ether oxygens (including phenoxy) is 3. The highest BCUT2D eigenvalue weighted by Gasteiger charge is 1.93. The summed E-state index contributed by atoms with van der Waals surface area (Å²) >= 11 is 0.